The van der Waals surface area contributed by atoms with Gasteiger partial charge in [0.15, 0.2) is 0 Å². The lowest BCUT2D eigenvalue weighted by Gasteiger charge is -2.07. The molecule has 1 saturated carbocycles. The second-order valence-corrected chi connectivity index (χ2v) is 3.57. The Balaban J connectivity index is 2.10. The maximum atomic E-state index is 9.45. The average Bonchev–Trinajstić information content (AvgIpc) is 2.42. The van der Waals surface area contributed by atoms with Gasteiger partial charge in [0.25, 0.3) is 0 Å². The molecule has 0 radical (unpaired) electrons. The molecule has 1 unspecified atom stereocenters. The van der Waals surface area contributed by atoms with Crippen LogP contribution in [0.3, 0.4) is 0 Å². The van der Waals surface area contributed by atoms with Crippen LogP contribution in [0.15, 0.2) is 0 Å². The van der Waals surface area contributed by atoms with E-state index < -0.39 is 0 Å². The number of aliphatic hydroxyl groups excluding tert-OH is 1. The highest BCUT2D eigenvalue weighted by atomic mass is 16.3. The van der Waals surface area contributed by atoms with Crippen LogP contribution in [0.25, 0.3) is 0 Å². The van der Waals surface area contributed by atoms with Gasteiger partial charge in [0.2, 0.25) is 0 Å². The normalized spacial score (nSPS) is 40.0. The fourth-order valence-electron chi connectivity index (χ4n) is 1.85. The smallest absolute Gasteiger partial charge is 0.0735 e. The maximum absolute atomic E-state index is 9.45. The molecular formula is C7H13NO. The summed E-state index contributed by atoms with van der Waals surface area (Å²) in [6.45, 7) is 2.01. The molecule has 52 valence electrons. The molecule has 1 aliphatic heterocycles. The number of hydrogen-bond donors (Lipinski definition) is 1. The molecule has 1 heterocycles. The van der Waals surface area contributed by atoms with Crippen LogP contribution >= 0.6 is 0 Å². The SMILES string of the molecule is CN1CC(O)C2(CC2)C1. The van der Waals surface area contributed by atoms with E-state index in [0.29, 0.717) is 5.41 Å². The third kappa shape index (κ3) is 0.700. The van der Waals surface area contributed by atoms with Crippen molar-refractivity contribution in [1.29, 1.82) is 0 Å². The molecule has 0 bridgehead atoms. The second-order valence-electron chi connectivity index (χ2n) is 3.57. The third-order valence-electron chi connectivity index (χ3n) is 2.67. The number of rotatable bonds is 0. The molecule has 1 N–H and O–H groups in total. The first kappa shape index (κ1) is 5.69. The van der Waals surface area contributed by atoms with Crippen molar-refractivity contribution in [1.82, 2.24) is 4.90 Å². The van der Waals surface area contributed by atoms with Gasteiger partial charge in [0.1, 0.15) is 0 Å². The number of likely N-dealkylation sites (tertiary alicyclic amines) is 1. The highest BCUT2D eigenvalue weighted by Crippen LogP contribution is 2.52. The molecule has 0 amide bonds. The lowest BCUT2D eigenvalue weighted by molar-refractivity contribution is 0.132. The summed E-state index contributed by atoms with van der Waals surface area (Å²) in [5.41, 5.74) is 0.356. The molecule has 9 heavy (non-hydrogen) atoms. The first-order valence-electron chi connectivity index (χ1n) is 3.60. The van der Waals surface area contributed by atoms with Crippen LogP contribution in [0, 0.1) is 5.41 Å². The highest BCUT2D eigenvalue weighted by Gasteiger charge is 2.53. The van der Waals surface area contributed by atoms with Crippen LogP contribution in [0.4, 0.5) is 0 Å². The van der Waals surface area contributed by atoms with Crippen molar-refractivity contribution in [3.8, 4) is 0 Å². The molecule has 0 aromatic heterocycles. The molecule has 1 spiro atoms. The van der Waals surface area contributed by atoms with E-state index in [-0.39, 0.29) is 6.10 Å². The molecule has 0 aromatic carbocycles. The van der Waals surface area contributed by atoms with Gasteiger partial charge in [0, 0.05) is 18.5 Å². The Hall–Kier alpha value is -0.0800. The average molecular weight is 127 g/mol. The third-order valence-corrected chi connectivity index (χ3v) is 2.67. The zero-order chi connectivity index (χ0) is 6.48. The van der Waals surface area contributed by atoms with Crippen LogP contribution < -0.4 is 0 Å². The Kier molecular flexibility index (Phi) is 0.945. The maximum Gasteiger partial charge on any atom is 0.0735 e. The second kappa shape index (κ2) is 1.50. The van der Waals surface area contributed by atoms with E-state index in [4.69, 9.17) is 0 Å². The van der Waals surface area contributed by atoms with E-state index in [1.54, 1.807) is 0 Å². The standard InChI is InChI=1S/C7H13NO/c1-8-4-6(9)7(5-8)2-3-7/h6,9H,2-5H2,1H3. The van der Waals surface area contributed by atoms with Crippen molar-refractivity contribution >= 4 is 0 Å². The largest absolute Gasteiger partial charge is 0.391 e. The lowest BCUT2D eigenvalue weighted by atomic mass is 10.0. The van der Waals surface area contributed by atoms with E-state index in [0.717, 1.165) is 13.1 Å². The molecule has 0 aromatic rings. The van der Waals surface area contributed by atoms with Crippen LogP contribution in [0.1, 0.15) is 12.8 Å². The molecule has 1 atom stereocenters. The lowest BCUT2D eigenvalue weighted by Crippen LogP contribution is -2.18. The summed E-state index contributed by atoms with van der Waals surface area (Å²) in [5.74, 6) is 0. The van der Waals surface area contributed by atoms with Gasteiger partial charge in [0.05, 0.1) is 6.10 Å². The van der Waals surface area contributed by atoms with Crippen molar-refractivity contribution < 1.29 is 5.11 Å². The molecular weight excluding hydrogens is 114 g/mol. The fraction of sp³-hybridized carbons (Fsp3) is 1.00. The fourth-order valence-corrected chi connectivity index (χ4v) is 1.85. The van der Waals surface area contributed by atoms with Crippen LogP contribution in [-0.2, 0) is 0 Å². The van der Waals surface area contributed by atoms with Gasteiger partial charge < -0.3 is 10.0 Å². The number of nitrogens with zero attached hydrogens (tertiary/aromatic N) is 1. The minimum absolute atomic E-state index is 0.0255. The summed E-state index contributed by atoms with van der Waals surface area (Å²) in [6.07, 6.45) is 2.47. The number of hydrogen-bond acceptors (Lipinski definition) is 2. The number of aliphatic hydroxyl groups is 1. The predicted molar refractivity (Wildman–Crippen MR) is 35.2 cm³/mol. The van der Waals surface area contributed by atoms with Gasteiger partial charge in [-0.1, -0.05) is 0 Å². The molecule has 2 nitrogen and oxygen atoms in total. The van der Waals surface area contributed by atoms with Gasteiger partial charge in [-0.15, -0.1) is 0 Å². The van der Waals surface area contributed by atoms with Gasteiger partial charge in [-0.2, -0.15) is 0 Å². The Bertz CT molecular complexity index is 131. The summed E-state index contributed by atoms with van der Waals surface area (Å²) in [4.78, 5) is 2.22. The topological polar surface area (TPSA) is 23.5 Å². The number of β-amino-alcohol motifs (C(OH)–C–C–N with tert-alkyl or cyclic N) is 1. The molecule has 2 rings (SSSR count). The van der Waals surface area contributed by atoms with Gasteiger partial charge in [-0.3, -0.25) is 0 Å². The van der Waals surface area contributed by atoms with Crippen molar-refractivity contribution in [3.05, 3.63) is 0 Å². The van der Waals surface area contributed by atoms with E-state index in [1.165, 1.54) is 12.8 Å². The van der Waals surface area contributed by atoms with Crippen molar-refractivity contribution in [2.75, 3.05) is 20.1 Å². The summed E-state index contributed by atoms with van der Waals surface area (Å²) in [6, 6.07) is 0. The highest BCUT2D eigenvalue weighted by molar-refractivity contribution is 5.05. The Morgan fingerprint density at radius 3 is 2.44 bits per heavy atom. The summed E-state index contributed by atoms with van der Waals surface area (Å²) in [7, 11) is 2.08. The molecule has 2 fully saturated rings. The Morgan fingerprint density at radius 1 is 1.56 bits per heavy atom. The van der Waals surface area contributed by atoms with Gasteiger partial charge in [-0.05, 0) is 19.9 Å². The van der Waals surface area contributed by atoms with Crippen molar-refractivity contribution in [2.45, 2.75) is 18.9 Å². The minimum Gasteiger partial charge on any atom is -0.391 e. The summed E-state index contributed by atoms with van der Waals surface area (Å²) >= 11 is 0. The zero-order valence-corrected chi connectivity index (χ0v) is 5.80. The predicted octanol–water partition coefficient (Wildman–Crippen LogP) is 0.0729. The summed E-state index contributed by atoms with van der Waals surface area (Å²) in [5, 5.41) is 9.45. The Labute approximate surface area is 55.5 Å². The quantitative estimate of drug-likeness (QED) is 0.498. The number of likely N-dealkylation sites (N-methyl/N-ethyl adjacent to an activating group) is 1. The van der Waals surface area contributed by atoms with Crippen molar-refractivity contribution in [2.24, 2.45) is 5.41 Å². The van der Waals surface area contributed by atoms with E-state index >= 15 is 0 Å². The van der Waals surface area contributed by atoms with Gasteiger partial charge >= 0.3 is 0 Å². The van der Waals surface area contributed by atoms with Gasteiger partial charge in [-0.25, -0.2) is 0 Å². The van der Waals surface area contributed by atoms with Crippen LogP contribution in [-0.4, -0.2) is 36.2 Å². The van der Waals surface area contributed by atoms with Crippen LogP contribution in [0.2, 0.25) is 0 Å². The monoisotopic (exact) mass is 127 g/mol. The molecule has 1 saturated heterocycles. The first-order chi connectivity index (χ1) is 4.23. The summed E-state index contributed by atoms with van der Waals surface area (Å²) < 4.78 is 0. The molecule has 1 aliphatic carbocycles. The zero-order valence-electron chi connectivity index (χ0n) is 5.80. The van der Waals surface area contributed by atoms with Crippen molar-refractivity contribution in [3.63, 3.8) is 0 Å². The van der Waals surface area contributed by atoms with E-state index in [1.807, 2.05) is 0 Å². The molecule has 2 aliphatic rings. The Morgan fingerprint density at radius 2 is 2.22 bits per heavy atom. The van der Waals surface area contributed by atoms with Crippen LogP contribution in [0.5, 0.6) is 0 Å². The molecule has 2 heteroatoms. The van der Waals surface area contributed by atoms with E-state index in [9.17, 15) is 5.11 Å². The van der Waals surface area contributed by atoms with E-state index in [2.05, 4.69) is 11.9 Å². The first-order valence-corrected chi connectivity index (χ1v) is 3.60. The minimum atomic E-state index is -0.0255.